The molecular formula is C7H16ClNO4S2. The average molecular weight is 278 g/mol. The lowest BCUT2D eigenvalue weighted by molar-refractivity contribution is 0.297. The molecule has 0 radical (unpaired) electrons. The van der Waals surface area contributed by atoms with Crippen molar-refractivity contribution < 1.29 is 16.8 Å². The van der Waals surface area contributed by atoms with E-state index in [2.05, 4.69) is 0 Å². The predicted molar refractivity (Wildman–Crippen MR) is 61.2 cm³/mol. The van der Waals surface area contributed by atoms with Crippen molar-refractivity contribution in [2.45, 2.75) is 19.4 Å². The second kappa shape index (κ2) is 4.57. The van der Waals surface area contributed by atoms with E-state index in [-0.39, 0.29) is 5.88 Å². The average Bonchev–Trinajstić information content (AvgIpc) is 1.98. The molecule has 0 aromatic carbocycles. The Morgan fingerprint density at radius 2 is 1.60 bits per heavy atom. The lowest BCUT2D eigenvalue weighted by atomic mass is 10.1. The smallest absolute Gasteiger partial charge is 0.228 e. The van der Waals surface area contributed by atoms with E-state index in [0.29, 0.717) is 0 Å². The maximum Gasteiger partial charge on any atom is 0.228 e. The first-order valence-electron chi connectivity index (χ1n) is 4.13. The maximum absolute atomic E-state index is 11.6. The van der Waals surface area contributed by atoms with Crippen molar-refractivity contribution >= 4 is 31.5 Å². The highest BCUT2D eigenvalue weighted by molar-refractivity contribution is 8.06. The first kappa shape index (κ1) is 15.2. The summed E-state index contributed by atoms with van der Waals surface area (Å²) in [7, 11) is -6.07. The van der Waals surface area contributed by atoms with Crippen molar-refractivity contribution in [3.8, 4) is 0 Å². The Morgan fingerprint density at radius 3 is 1.87 bits per heavy atom. The SMILES string of the molecule is CN(C(C)(C)CCl)S(=O)(=O)CS(C)(=O)=O. The van der Waals surface area contributed by atoms with E-state index in [1.54, 1.807) is 13.8 Å². The molecule has 0 aliphatic heterocycles. The molecule has 0 fully saturated rings. The van der Waals surface area contributed by atoms with Gasteiger partial charge in [-0.25, -0.2) is 16.8 Å². The number of halogens is 1. The van der Waals surface area contributed by atoms with Crippen LogP contribution in [0.1, 0.15) is 13.8 Å². The molecule has 0 N–H and O–H groups in total. The van der Waals surface area contributed by atoms with Crippen LogP contribution in [0.3, 0.4) is 0 Å². The second-order valence-electron chi connectivity index (χ2n) is 4.07. The zero-order valence-electron chi connectivity index (χ0n) is 9.19. The molecule has 92 valence electrons. The fourth-order valence-electron chi connectivity index (χ4n) is 0.810. The van der Waals surface area contributed by atoms with E-state index in [4.69, 9.17) is 11.6 Å². The Kier molecular flexibility index (Phi) is 4.61. The summed E-state index contributed by atoms with van der Waals surface area (Å²) in [6.45, 7) is 3.25. The van der Waals surface area contributed by atoms with Gasteiger partial charge in [-0.05, 0) is 13.8 Å². The Morgan fingerprint density at radius 1 is 1.20 bits per heavy atom. The maximum atomic E-state index is 11.6. The van der Waals surface area contributed by atoms with Gasteiger partial charge < -0.3 is 0 Å². The van der Waals surface area contributed by atoms with E-state index >= 15 is 0 Å². The van der Waals surface area contributed by atoms with Crippen molar-refractivity contribution in [3.05, 3.63) is 0 Å². The monoisotopic (exact) mass is 277 g/mol. The molecule has 0 heterocycles. The van der Waals surface area contributed by atoms with Crippen LogP contribution in [0, 0.1) is 0 Å². The molecule has 0 aromatic rings. The van der Waals surface area contributed by atoms with Gasteiger partial charge in [0.15, 0.2) is 14.9 Å². The molecule has 0 aliphatic carbocycles. The Bertz CT molecular complexity index is 412. The van der Waals surface area contributed by atoms with Crippen molar-refractivity contribution in [1.29, 1.82) is 0 Å². The van der Waals surface area contributed by atoms with Gasteiger partial charge in [-0.15, -0.1) is 11.6 Å². The summed E-state index contributed by atoms with van der Waals surface area (Å²) in [5.41, 5.74) is -0.801. The second-order valence-corrected chi connectivity index (χ2v) is 8.84. The fraction of sp³-hybridized carbons (Fsp3) is 1.00. The summed E-state index contributed by atoms with van der Waals surface area (Å²) >= 11 is 5.61. The Hall–Kier alpha value is 0.150. The third kappa shape index (κ3) is 4.67. The number of nitrogens with zero attached hydrogens (tertiary/aromatic N) is 1. The van der Waals surface area contributed by atoms with Crippen molar-refractivity contribution in [1.82, 2.24) is 4.31 Å². The van der Waals surface area contributed by atoms with Gasteiger partial charge in [0.25, 0.3) is 0 Å². The van der Waals surface area contributed by atoms with Crippen LogP contribution in [-0.2, 0) is 19.9 Å². The normalized spacial score (nSPS) is 14.5. The van der Waals surface area contributed by atoms with E-state index in [9.17, 15) is 16.8 Å². The highest BCUT2D eigenvalue weighted by Crippen LogP contribution is 2.19. The van der Waals surface area contributed by atoms with Crippen molar-refractivity contribution in [2.75, 3.05) is 24.3 Å². The molecule has 0 aliphatic rings. The number of hydrogen-bond acceptors (Lipinski definition) is 4. The molecule has 0 unspecified atom stereocenters. The highest BCUT2D eigenvalue weighted by Gasteiger charge is 2.34. The number of hydrogen-bond donors (Lipinski definition) is 0. The number of sulfonamides is 1. The molecule has 0 atom stereocenters. The molecule has 0 saturated carbocycles. The third-order valence-corrected chi connectivity index (χ3v) is 6.85. The van der Waals surface area contributed by atoms with Gasteiger partial charge in [0, 0.05) is 24.7 Å². The fourth-order valence-corrected chi connectivity index (χ4v) is 4.67. The first-order chi connectivity index (χ1) is 6.42. The number of sulfone groups is 1. The van der Waals surface area contributed by atoms with E-state index in [0.717, 1.165) is 10.6 Å². The van der Waals surface area contributed by atoms with Gasteiger partial charge in [-0.1, -0.05) is 0 Å². The standard InChI is InChI=1S/C7H16ClNO4S2/c1-7(2,5-8)9(3)15(12,13)6-14(4,10)11/h5-6H2,1-4H3. The van der Waals surface area contributed by atoms with Gasteiger partial charge in [-0.2, -0.15) is 4.31 Å². The van der Waals surface area contributed by atoms with Gasteiger partial charge in [0.05, 0.1) is 0 Å². The lowest BCUT2D eigenvalue weighted by Crippen LogP contribution is -2.48. The van der Waals surface area contributed by atoms with E-state index in [1.165, 1.54) is 7.05 Å². The van der Waals surface area contributed by atoms with Crippen LogP contribution in [0.2, 0.25) is 0 Å². The molecule has 5 nitrogen and oxygen atoms in total. The summed E-state index contributed by atoms with van der Waals surface area (Å²) in [6.07, 6.45) is 0.881. The van der Waals surface area contributed by atoms with Crippen LogP contribution in [-0.4, -0.2) is 50.9 Å². The van der Waals surface area contributed by atoms with Gasteiger partial charge in [0.2, 0.25) is 10.0 Å². The molecule has 0 spiro atoms. The third-order valence-electron chi connectivity index (χ3n) is 1.96. The van der Waals surface area contributed by atoms with Gasteiger partial charge in [-0.3, -0.25) is 0 Å². The Balaban J connectivity index is 5.08. The minimum absolute atomic E-state index is 0.0898. The van der Waals surface area contributed by atoms with Crippen molar-refractivity contribution in [2.24, 2.45) is 0 Å². The zero-order chi connectivity index (χ0) is 12.5. The topological polar surface area (TPSA) is 71.5 Å². The molecule has 0 saturated heterocycles. The van der Waals surface area contributed by atoms with Crippen LogP contribution in [0.25, 0.3) is 0 Å². The lowest BCUT2D eigenvalue weighted by Gasteiger charge is -2.32. The van der Waals surface area contributed by atoms with Crippen LogP contribution < -0.4 is 0 Å². The summed E-state index contributed by atoms with van der Waals surface area (Å²) in [6, 6.07) is 0. The van der Waals surface area contributed by atoms with E-state index < -0.39 is 30.5 Å². The summed E-state index contributed by atoms with van der Waals surface area (Å²) in [5, 5.41) is -0.892. The van der Waals surface area contributed by atoms with E-state index in [1.807, 2.05) is 0 Å². The van der Waals surface area contributed by atoms with Gasteiger partial charge in [0.1, 0.15) is 0 Å². The molecule has 0 aromatic heterocycles. The molecular weight excluding hydrogens is 262 g/mol. The minimum atomic E-state index is -3.83. The molecule has 0 bridgehead atoms. The predicted octanol–water partition coefficient (Wildman–Crippen LogP) is 0.268. The summed E-state index contributed by atoms with van der Waals surface area (Å²) in [5.74, 6) is 0.0898. The minimum Gasteiger partial charge on any atom is -0.228 e. The van der Waals surface area contributed by atoms with Crippen LogP contribution in [0.5, 0.6) is 0 Å². The quantitative estimate of drug-likeness (QED) is 0.676. The highest BCUT2D eigenvalue weighted by atomic mass is 35.5. The van der Waals surface area contributed by atoms with Crippen LogP contribution in [0.4, 0.5) is 0 Å². The molecule has 0 amide bonds. The number of rotatable bonds is 5. The molecule has 15 heavy (non-hydrogen) atoms. The molecule has 0 rings (SSSR count). The summed E-state index contributed by atoms with van der Waals surface area (Å²) in [4.78, 5) is 0. The van der Waals surface area contributed by atoms with Gasteiger partial charge >= 0.3 is 0 Å². The number of alkyl halides is 1. The summed E-state index contributed by atoms with van der Waals surface area (Å²) < 4.78 is 46.1. The largest absolute Gasteiger partial charge is 0.228 e. The molecule has 8 heteroatoms. The first-order valence-corrected chi connectivity index (χ1v) is 8.33. The Labute approximate surface area is 96.4 Å². The zero-order valence-corrected chi connectivity index (χ0v) is 11.6. The van der Waals surface area contributed by atoms with Crippen LogP contribution >= 0.6 is 11.6 Å². The van der Waals surface area contributed by atoms with Crippen LogP contribution in [0.15, 0.2) is 0 Å². The van der Waals surface area contributed by atoms with Crippen molar-refractivity contribution in [3.63, 3.8) is 0 Å².